The number of hydrogen-bond donors (Lipinski definition) is 1. The smallest absolute Gasteiger partial charge is 0.128 e. The molecule has 2 rings (SSSR count). The molecule has 2 heterocycles. The fraction of sp³-hybridized carbons (Fsp3) is 0.688. The Hall–Kier alpha value is -0.840. The van der Waals surface area contributed by atoms with Crippen molar-refractivity contribution >= 4 is 17.4 Å². The molecule has 0 unspecified atom stereocenters. The van der Waals surface area contributed by atoms with E-state index in [0.29, 0.717) is 12.6 Å². The fourth-order valence-corrected chi connectivity index (χ4v) is 2.61. The van der Waals surface area contributed by atoms with Gasteiger partial charge in [0.1, 0.15) is 5.82 Å². The average molecular weight is 312 g/mol. The van der Waals surface area contributed by atoms with Crippen LogP contribution >= 0.6 is 11.6 Å². The van der Waals surface area contributed by atoms with Crippen LogP contribution in [0.15, 0.2) is 12.1 Å². The molecule has 1 N–H and O–H groups in total. The second-order valence-corrected chi connectivity index (χ2v) is 7.03. The maximum Gasteiger partial charge on any atom is 0.128 e. The number of ether oxygens (including phenoxy) is 1. The van der Waals surface area contributed by atoms with Crippen LogP contribution in [0.2, 0.25) is 5.02 Å². The number of methoxy groups -OCH3 is 1. The van der Waals surface area contributed by atoms with E-state index in [1.807, 2.05) is 12.1 Å². The van der Waals surface area contributed by atoms with Crippen LogP contribution in [0.4, 0.5) is 5.82 Å². The molecule has 5 heteroatoms. The van der Waals surface area contributed by atoms with Crippen molar-refractivity contribution in [1.82, 2.24) is 10.3 Å². The Labute approximate surface area is 132 Å². The summed E-state index contributed by atoms with van der Waals surface area (Å²) in [6, 6.07) is 3.96. The lowest BCUT2D eigenvalue weighted by atomic mass is 10.1. The molecular formula is C16H26ClN3O. The van der Waals surface area contributed by atoms with Gasteiger partial charge in [-0.3, -0.25) is 0 Å². The maximum atomic E-state index is 6.27. The Morgan fingerprint density at radius 1 is 1.33 bits per heavy atom. The van der Waals surface area contributed by atoms with Gasteiger partial charge in [-0.15, -0.1) is 0 Å². The van der Waals surface area contributed by atoms with E-state index in [4.69, 9.17) is 21.3 Å². The number of nitrogens with zero attached hydrogens (tertiary/aromatic N) is 2. The van der Waals surface area contributed by atoms with Crippen molar-refractivity contribution in [2.75, 3.05) is 25.1 Å². The lowest BCUT2D eigenvalue weighted by Crippen LogP contribution is -2.38. The lowest BCUT2D eigenvalue weighted by Gasteiger charge is -2.32. The zero-order chi connectivity index (χ0) is 15.5. The van der Waals surface area contributed by atoms with Gasteiger partial charge in [-0.05, 0) is 45.7 Å². The molecular weight excluding hydrogens is 286 g/mol. The van der Waals surface area contributed by atoms with Crippen molar-refractivity contribution in [2.45, 2.75) is 51.8 Å². The summed E-state index contributed by atoms with van der Waals surface area (Å²) in [6.45, 7) is 9.07. The maximum absolute atomic E-state index is 6.27. The van der Waals surface area contributed by atoms with Gasteiger partial charge in [-0.1, -0.05) is 11.6 Å². The first-order valence-corrected chi connectivity index (χ1v) is 7.95. The first-order valence-electron chi connectivity index (χ1n) is 7.57. The van der Waals surface area contributed by atoms with Crippen molar-refractivity contribution in [3.05, 3.63) is 22.8 Å². The van der Waals surface area contributed by atoms with Crippen molar-refractivity contribution in [2.24, 2.45) is 0 Å². The molecule has 0 aromatic carbocycles. The Morgan fingerprint density at radius 3 is 2.57 bits per heavy atom. The van der Waals surface area contributed by atoms with E-state index in [1.54, 1.807) is 7.11 Å². The highest BCUT2D eigenvalue weighted by Gasteiger charge is 2.20. The van der Waals surface area contributed by atoms with Gasteiger partial charge in [0.15, 0.2) is 0 Å². The number of rotatable bonds is 4. The number of pyridine rings is 1. The first kappa shape index (κ1) is 16.5. The van der Waals surface area contributed by atoms with Gasteiger partial charge in [0.05, 0.1) is 16.8 Å². The SMILES string of the molecule is COC1CCN(c2ccc(Cl)c(CNC(C)(C)C)n2)CC1. The minimum atomic E-state index is 0.0534. The molecule has 0 atom stereocenters. The molecule has 4 nitrogen and oxygen atoms in total. The molecule has 1 aromatic heterocycles. The van der Waals surface area contributed by atoms with Gasteiger partial charge >= 0.3 is 0 Å². The quantitative estimate of drug-likeness (QED) is 0.926. The van der Waals surface area contributed by atoms with Crippen molar-refractivity contribution in [3.63, 3.8) is 0 Å². The first-order chi connectivity index (χ1) is 9.89. The number of hydrogen-bond acceptors (Lipinski definition) is 4. The van der Waals surface area contributed by atoms with Gasteiger partial charge in [-0.2, -0.15) is 0 Å². The van der Waals surface area contributed by atoms with Gasteiger partial charge in [0.25, 0.3) is 0 Å². The highest BCUT2D eigenvalue weighted by molar-refractivity contribution is 6.31. The van der Waals surface area contributed by atoms with Gasteiger partial charge in [0.2, 0.25) is 0 Å². The molecule has 0 bridgehead atoms. The molecule has 1 aliphatic heterocycles. The summed E-state index contributed by atoms with van der Waals surface area (Å²) < 4.78 is 5.42. The number of piperidine rings is 1. The Bertz CT molecular complexity index is 465. The molecule has 0 aliphatic carbocycles. The van der Waals surface area contributed by atoms with Crippen LogP contribution in [0.5, 0.6) is 0 Å². The zero-order valence-corrected chi connectivity index (χ0v) is 14.2. The summed E-state index contributed by atoms with van der Waals surface area (Å²) in [7, 11) is 1.79. The molecule has 1 aliphatic rings. The topological polar surface area (TPSA) is 37.4 Å². The fourth-order valence-electron chi connectivity index (χ4n) is 2.44. The van der Waals surface area contributed by atoms with E-state index in [1.165, 1.54) is 0 Å². The molecule has 0 saturated carbocycles. The van der Waals surface area contributed by atoms with Gasteiger partial charge < -0.3 is 15.0 Å². The van der Waals surface area contributed by atoms with Crippen LogP contribution in [0.1, 0.15) is 39.3 Å². The van der Waals surface area contributed by atoms with E-state index in [-0.39, 0.29) is 5.54 Å². The lowest BCUT2D eigenvalue weighted by molar-refractivity contribution is 0.0818. The van der Waals surface area contributed by atoms with Gasteiger partial charge in [0, 0.05) is 32.3 Å². The van der Waals surface area contributed by atoms with Crippen molar-refractivity contribution in [1.29, 1.82) is 0 Å². The predicted molar refractivity (Wildman–Crippen MR) is 88.1 cm³/mol. The predicted octanol–water partition coefficient (Wildman–Crippen LogP) is 3.24. The third-order valence-electron chi connectivity index (χ3n) is 3.79. The summed E-state index contributed by atoms with van der Waals surface area (Å²) in [5.41, 5.74) is 0.968. The van der Waals surface area contributed by atoms with Crippen molar-refractivity contribution in [3.8, 4) is 0 Å². The summed E-state index contributed by atoms with van der Waals surface area (Å²) >= 11 is 6.27. The highest BCUT2D eigenvalue weighted by atomic mass is 35.5. The summed E-state index contributed by atoms with van der Waals surface area (Å²) in [5, 5.41) is 4.16. The number of halogens is 1. The number of nitrogens with one attached hydrogen (secondary N) is 1. The Balaban J connectivity index is 2.04. The van der Waals surface area contributed by atoms with Crippen LogP contribution in [0.3, 0.4) is 0 Å². The molecule has 1 aromatic rings. The molecule has 0 amide bonds. The molecule has 21 heavy (non-hydrogen) atoms. The molecule has 1 fully saturated rings. The van der Waals surface area contributed by atoms with Crippen LogP contribution in [0, 0.1) is 0 Å². The standard InChI is InChI=1S/C16H26ClN3O/c1-16(2,3)18-11-14-13(17)5-6-15(19-14)20-9-7-12(21-4)8-10-20/h5-6,12,18H,7-11H2,1-4H3. The van der Waals surface area contributed by atoms with Crippen LogP contribution in [0.25, 0.3) is 0 Å². The largest absolute Gasteiger partial charge is 0.381 e. The second-order valence-electron chi connectivity index (χ2n) is 6.62. The molecule has 118 valence electrons. The van der Waals surface area contributed by atoms with Crippen LogP contribution in [-0.2, 0) is 11.3 Å². The Kier molecular flexibility index (Phi) is 5.47. The minimum absolute atomic E-state index is 0.0534. The third-order valence-corrected chi connectivity index (χ3v) is 4.13. The van der Waals surface area contributed by atoms with E-state index in [0.717, 1.165) is 42.5 Å². The minimum Gasteiger partial charge on any atom is -0.381 e. The zero-order valence-electron chi connectivity index (χ0n) is 13.4. The second kappa shape index (κ2) is 6.95. The van der Waals surface area contributed by atoms with Gasteiger partial charge in [-0.25, -0.2) is 4.98 Å². The monoisotopic (exact) mass is 311 g/mol. The number of anilines is 1. The number of aromatic nitrogens is 1. The van der Waals surface area contributed by atoms with E-state index in [2.05, 4.69) is 31.0 Å². The third kappa shape index (κ3) is 4.83. The molecule has 0 radical (unpaired) electrons. The summed E-state index contributed by atoms with van der Waals surface area (Å²) in [4.78, 5) is 7.05. The highest BCUT2D eigenvalue weighted by Crippen LogP contribution is 2.23. The molecule has 1 saturated heterocycles. The van der Waals surface area contributed by atoms with E-state index < -0.39 is 0 Å². The van der Waals surface area contributed by atoms with Crippen LogP contribution < -0.4 is 10.2 Å². The van der Waals surface area contributed by atoms with E-state index in [9.17, 15) is 0 Å². The Morgan fingerprint density at radius 2 is 2.00 bits per heavy atom. The average Bonchev–Trinajstić information content (AvgIpc) is 2.46. The molecule has 0 spiro atoms. The van der Waals surface area contributed by atoms with E-state index >= 15 is 0 Å². The summed E-state index contributed by atoms with van der Waals surface area (Å²) in [6.07, 6.45) is 2.49. The van der Waals surface area contributed by atoms with Crippen LogP contribution in [-0.4, -0.2) is 36.8 Å². The summed E-state index contributed by atoms with van der Waals surface area (Å²) in [5.74, 6) is 1.01. The normalized spacial score (nSPS) is 17.3. The van der Waals surface area contributed by atoms with Crippen molar-refractivity contribution < 1.29 is 4.74 Å².